The maximum Gasteiger partial charge on any atom is 0.246 e. The molecule has 1 amide bonds. The lowest BCUT2D eigenvalue weighted by Gasteiger charge is -2.09. The number of hydrogen-bond acceptors (Lipinski definition) is 3. The van der Waals surface area contributed by atoms with E-state index in [9.17, 15) is 9.59 Å². The Morgan fingerprint density at radius 2 is 1.36 bits per heavy atom. The normalized spacial score (nSPS) is 11.2. The molecule has 0 radical (unpaired) electrons. The first kappa shape index (κ1) is 23.0. The van der Waals surface area contributed by atoms with Gasteiger partial charge in [-0.1, -0.05) is 84.9 Å². The zero-order chi connectivity index (χ0) is 25.1. The molecule has 0 aliphatic heterocycles. The minimum atomic E-state index is -0.228. The third-order valence-electron chi connectivity index (χ3n) is 6.03. The number of aromatic nitrogens is 2. The van der Waals surface area contributed by atoms with Crippen LogP contribution in [0.1, 0.15) is 10.4 Å². The Morgan fingerprint density at radius 1 is 0.722 bits per heavy atom. The van der Waals surface area contributed by atoms with Gasteiger partial charge in [-0.15, -0.1) is 0 Å². The van der Waals surface area contributed by atoms with E-state index >= 15 is 0 Å². The summed E-state index contributed by atoms with van der Waals surface area (Å²) in [6.07, 6.45) is 6.74. The second-order valence-corrected chi connectivity index (χ2v) is 8.74. The summed E-state index contributed by atoms with van der Waals surface area (Å²) in [6, 6.07) is 29.9. The molecule has 0 atom stereocenters. The van der Waals surface area contributed by atoms with Crippen molar-refractivity contribution in [1.29, 1.82) is 0 Å². The van der Waals surface area contributed by atoms with E-state index in [1.54, 1.807) is 26.2 Å². The number of fused-ring (bicyclic) bond motifs is 1. The quantitative estimate of drug-likeness (QED) is 0.220. The average Bonchev–Trinajstić information content (AvgIpc) is 3.36. The van der Waals surface area contributed by atoms with E-state index in [0.717, 1.165) is 39.2 Å². The lowest BCUT2D eigenvalue weighted by Crippen LogP contribution is -2.19. The fourth-order valence-electron chi connectivity index (χ4n) is 4.05. The molecule has 0 N–H and O–H groups in total. The third-order valence-corrected chi connectivity index (χ3v) is 6.03. The van der Waals surface area contributed by atoms with Crippen LogP contribution in [0.15, 0.2) is 116 Å². The maximum absolute atomic E-state index is 12.6. The molecule has 0 aliphatic carbocycles. The van der Waals surface area contributed by atoms with E-state index in [-0.39, 0.29) is 11.7 Å². The molecule has 0 fully saturated rings. The van der Waals surface area contributed by atoms with Crippen LogP contribution in [-0.2, 0) is 4.79 Å². The predicted octanol–water partition coefficient (Wildman–Crippen LogP) is 6.16. The molecule has 5 nitrogen and oxygen atoms in total. The number of carbonyl (C=O) groups excluding carboxylic acids is 2. The summed E-state index contributed by atoms with van der Waals surface area (Å²) in [4.78, 5) is 30.7. The molecule has 2 heterocycles. The number of allylic oxidation sites excluding steroid dienone is 1. The Balaban J connectivity index is 1.57. The highest BCUT2D eigenvalue weighted by molar-refractivity contribution is 6.07. The Kier molecular flexibility index (Phi) is 6.29. The number of carbonyl (C=O) groups is 2. The second kappa shape index (κ2) is 9.84. The molecule has 36 heavy (non-hydrogen) atoms. The Labute approximate surface area is 210 Å². The van der Waals surface area contributed by atoms with Gasteiger partial charge in [0.15, 0.2) is 5.78 Å². The molecule has 0 unspecified atom stereocenters. The van der Waals surface area contributed by atoms with E-state index in [1.807, 2.05) is 54.7 Å². The third kappa shape index (κ3) is 4.72. The van der Waals surface area contributed by atoms with Crippen molar-refractivity contribution in [1.82, 2.24) is 14.3 Å². The van der Waals surface area contributed by atoms with E-state index < -0.39 is 0 Å². The molecule has 176 valence electrons. The maximum atomic E-state index is 12.6. The van der Waals surface area contributed by atoms with Gasteiger partial charge in [0.1, 0.15) is 5.65 Å². The van der Waals surface area contributed by atoms with Crippen LogP contribution in [-0.4, -0.2) is 40.1 Å². The van der Waals surface area contributed by atoms with Gasteiger partial charge < -0.3 is 9.30 Å². The molecule has 0 saturated heterocycles. The average molecular weight is 472 g/mol. The van der Waals surface area contributed by atoms with E-state index in [1.165, 1.54) is 17.1 Å². The summed E-state index contributed by atoms with van der Waals surface area (Å²) in [5, 5.41) is 0. The minimum absolute atomic E-state index is 0.216. The number of benzene rings is 3. The molecular formula is C31H25N3O2. The van der Waals surface area contributed by atoms with Crippen LogP contribution in [0.3, 0.4) is 0 Å². The van der Waals surface area contributed by atoms with Gasteiger partial charge in [0.25, 0.3) is 0 Å². The molecular weight excluding hydrogens is 446 g/mol. The van der Waals surface area contributed by atoms with Crippen molar-refractivity contribution < 1.29 is 9.59 Å². The van der Waals surface area contributed by atoms with Crippen molar-refractivity contribution >= 4 is 17.3 Å². The number of rotatable bonds is 6. The molecule has 0 saturated carbocycles. The highest BCUT2D eigenvalue weighted by Crippen LogP contribution is 2.32. The summed E-state index contributed by atoms with van der Waals surface area (Å²) in [7, 11) is 3.30. The lowest BCUT2D eigenvalue weighted by atomic mass is 9.99. The summed E-state index contributed by atoms with van der Waals surface area (Å²) in [5.74, 6) is -0.444. The van der Waals surface area contributed by atoms with Gasteiger partial charge in [-0.25, -0.2) is 4.98 Å². The van der Waals surface area contributed by atoms with Gasteiger partial charge in [-0.2, -0.15) is 0 Å². The van der Waals surface area contributed by atoms with Gasteiger partial charge in [0.2, 0.25) is 5.91 Å². The predicted molar refractivity (Wildman–Crippen MR) is 144 cm³/mol. The number of hydrogen-bond donors (Lipinski definition) is 0. The molecule has 0 bridgehead atoms. The number of amides is 1. The number of imidazole rings is 1. The zero-order valence-electron chi connectivity index (χ0n) is 20.1. The standard InChI is InChI=1S/C31H25N3O2/c1-33(2)30(36)18-17-29(35)25-15-13-23(14-16-25)27-19-26(22-9-5-3-6-10-22)20-34-21-28(32-31(27)34)24-11-7-4-8-12-24/h3-21H,1-2H3. The molecule has 0 aliphatic rings. The van der Waals surface area contributed by atoms with Crippen LogP contribution in [0.25, 0.3) is 39.2 Å². The van der Waals surface area contributed by atoms with Crippen molar-refractivity contribution in [3.05, 3.63) is 121 Å². The van der Waals surface area contributed by atoms with Gasteiger partial charge in [0.05, 0.1) is 5.69 Å². The summed E-state index contributed by atoms with van der Waals surface area (Å²) in [6.45, 7) is 0. The van der Waals surface area contributed by atoms with Crippen molar-refractivity contribution in [2.75, 3.05) is 14.1 Å². The van der Waals surface area contributed by atoms with E-state index in [0.29, 0.717) is 5.56 Å². The zero-order valence-corrected chi connectivity index (χ0v) is 20.1. The van der Waals surface area contributed by atoms with Crippen LogP contribution in [0.2, 0.25) is 0 Å². The van der Waals surface area contributed by atoms with Crippen molar-refractivity contribution in [2.45, 2.75) is 0 Å². The highest BCUT2D eigenvalue weighted by atomic mass is 16.2. The van der Waals surface area contributed by atoms with Crippen molar-refractivity contribution in [3.8, 4) is 33.5 Å². The largest absolute Gasteiger partial charge is 0.345 e. The van der Waals surface area contributed by atoms with Gasteiger partial charge in [0, 0.05) is 49.3 Å². The Morgan fingerprint density at radius 3 is 2.00 bits per heavy atom. The van der Waals surface area contributed by atoms with Crippen molar-refractivity contribution in [2.24, 2.45) is 0 Å². The first-order valence-electron chi connectivity index (χ1n) is 11.7. The molecule has 3 aromatic carbocycles. The smallest absolute Gasteiger partial charge is 0.246 e. The van der Waals surface area contributed by atoms with E-state index in [4.69, 9.17) is 4.98 Å². The van der Waals surface area contributed by atoms with Crippen LogP contribution in [0.4, 0.5) is 0 Å². The first-order chi connectivity index (χ1) is 17.5. The van der Waals surface area contributed by atoms with Gasteiger partial charge in [-0.05, 0) is 28.8 Å². The van der Waals surface area contributed by atoms with Crippen LogP contribution in [0, 0.1) is 0 Å². The van der Waals surface area contributed by atoms with Crippen LogP contribution in [0.5, 0.6) is 0 Å². The molecule has 0 spiro atoms. The fourth-order valence-corrected chi connectivity index (χ4v) is 4.05. The van der Waals surface area contributed by atoms with E-state index in [2.05, 4.69) is 40.9 Å². The molecule has 5 aromatic rings. The SMILES string of the molecule is CN(C)C(=O)C=CC(=O)c1ccc(-c2cc(-c3ccccc3)cn3cc(-c4ccccc4)nc23)cc1. The summed E-state index contributed by atoms with van der Waals surface area (Å²) >= 11 is 0. The number of likely N-dealkylation sites (N-methyl/N-ethyl adjacent to an activating group) is 1. The molecule has 5 rings (SSSR count). The highest BCUT2D eigenvalue weighted by Gasteiger charge is 2.13. The minimum Gasteiger partial charge on any atom is -0.345 e. The van der Waals surface area contributed by atoms with Crippen molar-refractivity contribution in [3.63, 3.8) is 0 Å². The fraction of sp³-hybridized carbons (Fsp3) is 0.0645. The summed E-state index contributed by atoms with van der Waals surface area (Å²) < 4.78 is 2.06. The van der Waals surface area contributed by atoms with Crippen LogP contribution < -0.4 is 0 Å². The summed E-state index contributed by atoms with van der Waals surface area (Å²) in [5.41, 5.74) is 7.40. The number of ketones is 1. The first-order valence-corrected chi connectivity index (χ1v) is 11.7. The van der Waals surface area contributed by atoms with Gasteiger partial charge >= 0.3 is 0 Å². The number of pyridine rings is 1. The molecule has 2 aromatic heterocycles. The number of nitrogens with zero attached hydrogens (tertiary/aromatic N) is 3. The topological polar surface area (TPSA) is 54.7 Å². The van der Waals surface area contributed by atoms with Crippen LogP contribution >= 0.6 is 0 Å². The second-order valence-electron chi connectivity index (χ2n) is 8.74. The Bertz CT molecular complexity index is 1570. The molecule has 5 heteroatoms. The lowest BCUT2D eigenvalue weighted by molar-refractivity contribution is -0.123. The Hall–Kier alpha value is -4.77. The van der Waals surface area contributed by atoms with Gasteiger partial charge in [-0.3, -0.25) is 9.59 Å². The monoisotopic (exact) mass is 471 g/mol.